The molecule has 3 rings (SSSR count). The summed E-state index contributed by atoms with van der Waals surface area (Å²) in [4.78, 5) is 17.4. The Morgan fingerprint density at radius 2 is 1.81 bits per heavy atom. The molecule has 0 bridgehead atoms. The number of hydrogen-bond donors (Lipinski definition) is 2. The highest BCUT2D eigenvalue weighted by molar-refractivity contribution is 6.30. The topological polar surface area (TPSA) is 71.3 Å². The minimum atomic E-state index is -0.249. The molecule has 0 unspecified atom stereocenters. The molecule has 0 fully saturated rings. The largest absolute Gasteiger partial charge is 0.326 e. The summed E-state index contributed by atoms with van der Waals surface area (Å²) in [7, 11) is 1.94. The van der Waals surface area contributed by atoms with E-state index in [0.717, 1.165) is 29.1 Å². The van der Waals surface area contributed by atoms with E-state index >= 15 is 0 Å². The third kappa shape index (κ3) is 5.73. The number of hydrogen-bond acceptors (Lipinski definition) is 3. The number of nitrogens with zero attached hydrogens (tertiary/aromatic N) is 3. The Hall–Kier alpha value is -3.12. The molecule has 1 heterocycles. The molecule has 0 radical (unpaired) electrons. The van der Waals surface area contributed by atoms with Gasteiger partial charge in [-0.15, -0.1) is 0 Å². The van der Waals surface area contributed by atoms with Gasteiger partial charge in [-0.25, -0.2) is 0 Å². The van der Waals surface area contributed by atoms with Gasteiger partial charge < -0.3 is 5.32 Å². The maximum atomic E-state index is 12.8. The molecule has 31 heavy (non-hydrogen) atoms. The first-order valence-electron chi connectivity index (χ1n) is 10.2. The summed E-state index contributed by atoms with van der Waals surface area (Å²) < 4.78 is 1.88. The lowest BCUT2D eigenvalue weighted by Crippen LogP contribution is -2.36. The van der Waals surface area contributed by atoms with Crippen molar-refractivity contribution >= 4 is 29.2 Å². The van der Waals surface area contributed by atoms with Crippen LogP contribution in [-0.2, 0) is 13.5 Å². The Morgan fingerprint density at radius 3 is 2.42 bits per heavy atom. The molecule has 0 atom stereocenters. The van der Waals surface area contributed by atoms with E-state index in [2.05, 4.69) is 33.7 Å². The van der Waals surface area contributed by atoms with Crippen molar-refractivity contribution in [1.82, 2.24) is 15.1 Å². The monoisotopic (exact) mass is 437 g/mol. The molecule has 1 amide bonds. The van der Waals surface area contributed by atoms with E-state index in [4.69, 9.17) is 11.6 Å². The number of amides is 1. The Labute approximate surface area is 188 Å². The molecule has 7 heteroatoms. The van der Waals surface area contributed by atoms with Crippen molar-refractivity contribution in [2.75, 3.05) is 11.9 Å². The van der Waals surface area contributed by atoms with Gasteiger partial charge in [-0.2, -0.15) is 5.10 Å². The highest BCUT2D eigenvalue weighted by Gasteiger charge is 2.12. The number of rotatable bonds is 5. The summed E-state index contributed by atoms with van der Waals surface area (Å²) in [6, 6.07) is 12.9. The van der Waals surface area contributed by atoms with Crippen LogP contribution in [0, 0.1) is 27.7 Å². The second-order valence-corrected chi connectivity index (χ2v) is 8.09. The van der Waals surface area contributed by atoms with E-state index < -0.39 is 0 Å². The zero-order valence-corrected chi connectivity index (χ0v) is 19.3. The van der Waals surface area contributed by atoms with Crippen LogP contribution in [0.1, 0.15) is 38.4 Å². The number of aliphatic imine (C=N–C) groups is 1. The third-order valence-corrected chi connectivity index (χ3v) is 5.52. The standard InChI is InChI=1S/C24H28ClN5O/c1-15-6-11-22(16(2)14-15)27-24(28-23(31)19-7-9-20(25)10-8-19)26-13-12-21-17(3)29-30(5)18(21)4/h6-11,14H,12-13H2,1-5H3,(H2,26,27,28,31). The summed E-state index contributed by atoms with van der Waals surface area (Å²) >= 11 is 5.94. The number of guanidine groups is 1. The Kier molecular flexibility index (Phi) is 7.13. The number of aromatic nitrogens is 2. The minimum Gasteiger partial charge on any atom is -0.326 e. The van der Waals surface area contributed by atoms with E-state index in [1.807, 2.05) is 44.6 Å². The van der Waals surface area contributed by atoms with Gasteiger partial charge in [-0.3, -0.25) is 19.8 Å². The number of carbonyl (C=O) groups excluding carboxylic acids is 1. The average Bonchev–Trinajstić information content (AvgIpc) is 2.96. The van der Waals surface area contributed by atoms with Crippen LogP contribution >= 0.6 is 11.6 Å². The van der Waals surface area contributed by atoms with Crippen molar-refractivity contribution in [1.29, 1.82) is 0 Å². The number of halogens is 1. The van der Waals surface area contributed by atoms with Crippen molar-refractivity contribution in [3.05, 3.63) is 81.1 Å². The molecule has 2 N–H and O–H groups in total. The maximum absolute atomic E-state index is 12.8. The average molecular weight is 438 g/mol. The van der Waals surface area contributed by atoms with Crippen LogP contribution in [0.4, 0.5) is 5.69 Å². The maximum Gasteiger partial charge on any atom is 0.257 e. The van der Waals surface area contributed by atoms with Crippen molar-refractivity contribution in [3.8, 4) is 0 Å². The number of nitrogens with one attached hydrogen (secondary N) is 2. The molecule has 3 aromatic rings. The van der Waals surface area contributed by atoms with Gasteiger partial charge >= 0.3 is 0 Å². The van der Waals surface area contributed by atoms with Crippen LogP contribution in [0.15, 0.2) is 47.5 Å². The third-order valence-electron chi connectivity index (χ3n) is 5.26. The van der Waals surface area contributed by atoms with Crippen molar-refractivity contribution < 1.29 is 4.79 Å². The zero-order valence-electron chi connectivity index (χ0n) is 18.6. The van der Waals surface area contributed by atoms with Crippen LogP contribution < -0.4 is 10.6 Å². The van der Waals surface area contributed by atoms with E-state index in [-0.39, 0.29) is 5.91 Å². The predicted octanol–water partition coefficient (Wildman–Crippen LogP) is 4.75. The second-order valence-electron chi connectivity index (χ2n) is 7.66. The smallest absolute Gasteiger partial charge is 0.257 e. The molecule has 0 aliphatic carbocycles. The summed E-state index contributed by atoms with van der Waals surface area (Å²) in [5.74, 6) is 0.160. The first kappa shape index (κ1) is 22.6. The van der Waals surface area contributed by atoms with Crippen molar-refractivity contribution in [2.24, 2.45) is 12.0 Å². The van der Waals surface area contributed by atoms with Crippen molar-refractivity contribution in [3.63, 3.8) is 0 Å². The van der Waals surface area contributed by atoms with Crippen LogP contribution in [0.3, 0.4) is 0 Å². The molecule has 162 valence electrons. The molecular weight excluding hydrogens is 410 g/mol. The second kappa shape index (κ2) is 9.79. The lowest BCUT2D eigenvalue weighted by molar-refractivity contribution is 0.0977. The molecule has 6 nitrogen and oxygen atoms in total. The van der Waals surface area contributed by atoms with Gasteiger partial charge in [-0.1, -0.05) is 29.3 Å². The molecule has 0 spiro atoms. The van der Waals surface area contributed by atoms with Crippen LogP contribution in [0.5, 0.6) is 0 Å². The number of aryl methyl sites for hydroxylation is 4. The lowest BCUT2D eigenvalue weighted by Gasteiger charge is -2.14. The summed E-state index contributed by atoms with van der Waals surface area (Å²) in [5.41, 5.74) is 6.97. The SMILES string of the molecule is Cc1ccc(NC(=NCCc2c(C)nn(C)c2C)NC(=O)c2ccc(Cl)cc2)c(C)c1. The molecular formula is C24H28ClN5O. The quantitative estimate of drug-likeness (QED) is 0.447. The Bertz CT molecular complexity index is 1120. The van der Waals surface area contributed by atoms with Gasteiger partial charge in [0.15, 0.2) is 0 Å². The first-order chi connectivity index (χ1) is 14.7. The fourth-order valence-corrected chi connectivity index (χ4v) is 3.56. The molecule has 1 aromatic heterocycles. The number of anilines is 1. The van der Waals surface area contributed by atoms with Gasteiger partial charge in [0.25, 0.3) is 5.91 Å². The van der Waals surface area contributed by atoms with Crippen molar-refractivity contribution in [2.45, 2.75) is 34.1 Å². The van der Waals surface area contributed by atoms with E-state index in [9.17, 15) is 4.79 Å². The van der Waals surface area contributed by atoms with E-state index in [1.165, 1.54) is 11.1 Å². The normalized spacial score (nSPS) is 11.5. The number of benzene rings is 2. The summed E-state index contributed by atoms with van der Waals surface area (Å²) in [6.07, 6.45) is 0.736. The first-order valence-corrected chi connectivity index (χ1v) is 10.6. The zero-order chi connectivity index (χ0) is 22.5. The van der Waals surface area contributed by atoms with E-state index in [0.29, 0.717) is 23.1 Å². The van der Waals surface area contributed by atoms with Gasteiger partial charge in [-0.05, 0) is 75.6 Å². The van der Waals surface area contributed by atoms with E-state index in [1.54, 1.807) is 24.3 Å². The highest BCUT2D eigenvalue weighted by atomic mass is 35.5. The predicted molar refractivity (Wildman–Crippen MR) is 127 cm³/mol. The fourth-order valence-electron chi connectivity index (χ4n) is 3.43. The molecule has 2 aromatic carbocycles. The lowest BCUT2D eigenvalue weighted by atomic mass is 10.1. The van der Waals surface area contributed by atoms with Crippen LogP contribution in [0.2, 0.25) is 5.02 Å². The summed E-state index contributed by atoms with van der Waals surface area (Å²) in [6.45, 7) is 8.64. The number of carbonyl (C=O) groups is 1. The summed E-state index contributed by atoms with van der Waals surface area (Å²) in [5, 5.41) is 11.2. The molecule has 0 saturated carbocycles. The van der Waals surface area contributed by atoms with Gasteiger partial charge in [0, 0.05) is 35.6 Å². The molecule has 0 saturated heterocycles. The molecule has 0 aliphatic heterocycles. The van der Waals surface area contributed by atoms with Crippen LogP contribution in [-0.4, -0.2) is 28.2 Å². The Balaban J connectivity index is 1.81. The van der Waals surface area contributed by atoms with Crippen LogP contribution in [0.25, 0.3) is 0 Å². The van der Waals surface area contributed by atoms with Gasteiger partial charge in [0.2, 0.25) is 5.96 Å². The Morgan fingerprint density at radius 1 is 1.10 bits per heavy atom. The fraction of sp³-hybridized carbons (Fsp3) is 0.292. The van der Waals surface area contributed by atoms with Gasteiger partial charge in [0.1, 0.15) is 0 Å². The minimum absolute atomic E-state index is 0.249. The highest BCUT2D eigenvalue weighted by Crippen LogP contribution is 2.17. The molecule has 0 aliphatic rings. The van der Waals surface area contributed by atoms with Gasteiger partial charge in [0.05, 0.1) is 5.69 Å².